The second-order valence-electron chi connectivity index (χ2n) is 12.8. The minimum Gasteiger partial charge on any atom is -0.461 e. The molecule has 4 amide bonds. The number of rotatable bonds is 13. The smallest absolute Gasteiger partial charge is 0.306 e. The fraction of sp³-hybridized carbons (Fsp3) is 0.500. The highest BCUT2D eigenvalue weighted by Gasteiger charge is 2.42. The summed E-state index contributed by atoms with van der Waals surface area (Å²) in [5.41, 5.74) is 0.305. The average molecular weight is 727 g/mol. The molecule has 14 heteroatoms. The highest BCUT2D eigenvalue weighted by Crippen LogP contribution is 2.26. The Balaban J connectivity index is 1.48. The zero-order valence-corrected chi connectivity index (χ0v) is 30.3. The normalized spacial score (nSPS) is 21.4. The van der Waals surface area contributed by atoms with E-state index in [-0.39, 0.29) is 48.0 Å². The van der Waals surface area contributed by atoms with E-state index in [0.717, 1.165) is 11.1 Å². The van der Waals surface area contributed by atoms with Gasteiger partial charge in [-0.3, -0.25) is 24.0 Å². The molecule has 2 fully saturated rings. The number of ether oxygens (including phenoxy) is 1. The van der Waals surface area contributed by atoms with Gasteiger partial charge in [0.2, 0.25) is 23.6 Å². The van der Waals surface area contributed by atoms with Crippen molar-refractivity contribution in [3.63, 3.8) is 0 Å². The lowest BCUT2D eigenvalue weighted by Crippen LogP contribution is -2.64. The van der Waals surface area contributed by atoms with E-state index in [1.54, 1.807) is 20.8 Å². The number of thiocarbonyl (C=S) groups is 1. The molecule has 2 heterocycles. The molecule has 12 nitrogen and oxygen atoms in total. The summed E-state index contributed by atoms with van der Waals surface area (Å²) in [6.45, 7) is 5.64. The van der Waals surface area contributed by atoms with E-state index in [1.165, 1.54) is 16.7 Å². The number of nitrogens with zero attached hydrogens (tertiary/aromatic N) is 1. The van der Waals surface area contributed by atoms with Crippen molar-refractivity contribution in [1.82, 2.24) is 20.9 Å². The van der Waals surface area contributed by atoms with Crippen LogP contribution in [0, 0.1) is 0 Å². The second kappa shape index (κ2) is 18.8. The zero-order valence-electron chi connectivity index (χ0n) is 28.7. The van der Waals surface area contributed by atoms with Crippen molar-refractivity contribution >= 4 is 58.0 Å². The maximum Gasteiger partial charge on any atom is 0.306 e. The molecule has 270 valence electrons. The molecule has 2 aliphatic heterocycles. The first kappa shape index (κ1) is 38.8. The van der Waals surface area contributed by atoms with Crippen LogP contribution in [0.1, 0.15) is 70.4 Å². The molecule has 2 aromatic rings. The number of thioether (sulfide) groups is 1. The van der Waals surface area contributed by atoms with E-state index in [1.807, 2.05) is 60.7 Å². The summed E-state index contributed by atoms with van der Waals surface area (Å²) in [5, 5.41) is 8.21. The molecule has 0 radical (unpaired) electrons. The third-order valence-electron chi connectivity index (χ3n) is 8.56. The summed E-state index contributed by atoms with van der Waals surface area (Å²) < 4.78 is 5.56. The van der Waals surface area contributed by atoms with Gasteiger partial charge in [0.25, 0.3) is 4.38 Å². The number of nitrogens with one attached hydrogen (secondary N) is 3. The van der Waals surface area contributed by atoms with Gasteiger partial charge in [-0.2, -0.15) is 4.89 Å². The number of hydrogen-bond donors (Lipinski definition) is 3. The topological polar surface area (TPSA) is 152 Å². The first-order chi connectivity index (χ1) is 24.0. The Labute approximate surface area is 302 Å². The van der Waals surface area contributed by atoms with E-state index in [4.69, 9.17) is 26.7 Å². The molecule has 0 bridgehead atoms. The van der Waals surface area contributed by atoms with Gasteiger partial charge >= 0.3 is 5.97 Å². The Kier molecular flexibility index (Phi) is 14.6. The fourth-order valence-electron chi connectivity index (χ4n) is 5.85. The molecule has 0 aliphatic carbocycles. The zero-order chi connectivity index (χ0) is 36.1. The van der Waals surface area contributed by atoms with Crippen molar-refractivity contribution in [1.29, 1.82) is 0 Å². The van der Waals surface area contributed by atoms with Crippen molar-refractivity contribution in [2.45, 2.75) is 101 Å². The Hall–Kier alpha value is -4.01. The number of esters is 1. The van der Waals surface area contributed by atoms with E-state index in [2.05, 4.69) is 16.0 Å². The quantitative estimate of drug-likeness (QED) is 0.121. The summed E-state index contributed by atoms with van der Waals surface area (Å²) in [7, 11) is 0. The first-order valence-electron chi connectivity index (χ1n) is 16.9. The summed E-state index contributed by atoms with van der Waals surface area (Å²) in [4.78, 5) is 79.3. The van der Waals surface area contributed by atoms with Gasteiger partial charge in [0, 0.05) is 24.6 Å². The van der Waals surface area contributed by atoms with Gasteiger partial charge in [0.05, 0.1) is 6.61 Å². The molecule has 2 aromatic carbocycles. The SMILES string of the molecule is CCOOC(=S)SC(CCC(=O)OCc1ccccc1)CC[C@@H]1NC(=O)[C@H]2CCCN2C(=O)[C@H](Cc2ccccc2)NC(=O)C(C)(C)NC1=O. The van der Waals surface area contributed by atoms with Gasteiger partial charge in [0.15, 0.2) is 0 Å². The number of fused-ring (bicyclic) bond motifs is 1. The second-order valence-corrected chi connectivity index (χ2v) is 14.7. The predicted molar refractivity (Wildman–Crippen MR) is 192 cm³/mol. The predicted octanol–water partition coefficient (Wildman–Crippen LogP) is 3.76. The van der Waals surface area contributed by atoms with Crippen LogP contribution in [0.2, 0.25) is 0 Å². The van der Waals surface area contributed by atoms with Gasteiger partial charge in [-0.15, -0.1) is 0 Å². The van der Waals surface area contributed by atoms with E-state index < -0.39 is 47.4 Å². The molecule has 4 atom stereocenters. The van der Waals surface area contributed by atoms with E-state index >= 15 is 0 Å². The first-order valence-corrected chi connectivity index (χ1v) is 18.2. The molecule has 50 heavy (non-hydrogen) atoms. The van der Waals surface area contributed by atoms with Gasteiger partial charge < -0.3 is 30.5 Å². The van der Waals surface area contributed by atoms with E-state index in [9.17, 15) is 24.0 Å². The third kappa shape index (κ3) is 11.5. The van der Waals surface area contributed by atoms with Crippen LogP contribution in [0.5, 0.6) is 0 Å². The minimum atomic E-state index is -1.41. The van der Waals surface area contributed by atoms with Crippen LogP contribution < -0.4 is 16.0 Å². The number of benzene rings is 2. The Bertz CT molecular complexity index is 1490. The Morgan fingerprint density at radius 2 is 1.64 bits per heavy atom. The lowest BCUT2D eigenvalue weighted by atomic mass is 9.98. The molecule has 1 unspecified atom stereocenters. The molecule has 3 N–H and O–H groups in total. The lowest BCUT2D eigenvalue weighted by molar-refractivity contribution is -0.211. The average Bonchev–Trinajstić information content (AvgIpc) is 3.60. The Morgan fingerprint density at radius 1 is 0.960 bits per heavy atom. The summed E-state index contributed by atoms with van der Waals surface area (Å²) >= 11 is 6.51. The summed E-state index contributed by atoms with van der Waals surface area (Å²) in [6.07, 6.45) is 2.19. The summed E-state index contributed by atoms with van der Waals surface area (Å²) in [5.74, 6) is -2.26. The molecule has 2 aliphatic rings. The monoisotopic (exact) mass is 726 g/mol. The maximum absolute atomic E-state index is 13.9. The van der Waals surface area contributed by atoms with Gasteiger partial charge in [0.1, 0.15) is 30.3 Å². The Morgan fingerprint density at radius 3 is 2.32 bits per heavy atom. The van der Waals surface area contributed by atoms with Crippen molar-refractivity contribution < 1.29 is 38.5 Å². The fourth-order valence-corrected chi connectivity index (χ4v) is 7.15. The third-order valence-corrected chi connectivity index (χ3v) is 9.98. The van der Waals surface area contributed by atoms with Crippen LogP contribution in [-0.2, 0) is 51.5 Å². The molecule has 0 saturated carbocycles. The number of carbonyl (C=O) groups is 5. The van der Waals surface area contributed by atoms with Crippen LogP contribution in [0.25, 0.3) is 0 Å². The van der Waals surface area contributed by atoms with Crippen LogP contribution in [0.4, 0.5) is 0 Å². The lowest BCUT2D eigenvalue weighted by Gasteiger charge is -2.35. The molecular formula is C36H46N4O8S2. The van der Waals surface area contributed by atoms with Crippen molar-refractivity contribution in [2.24, 2.45) is 0 Å². The van der Waals surface area contributed by atoms with Gasteiger partial charge in [-0.25, -0.2) is 0 Å². The minimum absolute atomic E-state index is 0.0848. The van der Waals surface area contributed by atoms with Crippen LogP contribution in [-0.4, -0.2) is 80.9 Å². The van der Waals surface area contributed by atoms with E-state index in [0.29, 0.717) is 32.2 Å². The molecule has 0 spiro atoms. The number of carbonyl (C=O) groups excluding carboxylic acids is 5. The van der Waals surface area contributed by atoms with Crippen LogP contribution in [0.3, 0.4) is 0 Å². The number of amides is 4. The molecule has 2 saturated heterocycles. The van der Waals surface area contributed by atoms with Gasteiger partial charge in [-0.1, -0.05) is 72.4 Å². The largest absolute Gasteiger partial charge is 0.461 e. The summed E-state index contributed by atoms with van der Waals surface area (Å²) in [6, 6.07) is 15.9. The van der Waals surface area contributed by atoms with Crippen LogP contribution >= 0.6 is 24.0 Å². The molecule has 0 aromatic heterocycles. The maximum atomic E-state index is 13.9. The number of hydrogen-bond acceptors (Lipinski definition) is 10. The standard InChI is InChI=1S/C36H46N4O8S2/c1-4-47-48-35(49)50-26(18-20-30(41)46-23-25-14-9-6-10-15-25)17-19-27-31(42)39-36(2,3)34(45)38-28(22-24-12-7-5-8-13-24)33(44)40-21-11-16-29(40)32(43)37-27/h5-10,12-15,26-29H,4,11,16-23H2,1-3H3,(H,37,43)(H,38,45)(H,39,42)/t26?,27-,28-,29+/m0/s1. The highest BCUT2D eigenvalue weighted by molar-refractivity contribution is 8.23. The van der Waals surface area contributed by atoms with Gasteiger partial charge in [-0.05, 0) is 76.2 Å². The molecule has 4 rings (SSSR count). The molecular weight excluding hydrogens is 681 g/mol. The van der Waals surface area contributed by atoms with Crippen LogP contribution in [0.15, 0.2) is 60.7 Å². The van der Waals surface area contributed by atoms with Crippen molar-refractivity contribution in [3.05, 3.63) is 71.8 Å². The van der Waals surface area contributed by atoms with Crippen molar-refractivity contribution in [3.8, 4) is 0 Å². The highest BCUT2D eigenvalue weighted by atomic mass is 32.2. The van der Waals surface area contributed by atoms with Crippen molar-refractivity contribution in [2.75, 3.05) is 13.2 Å².